The van der Waals surface area contributed by atoms with E-state index in [-0.39, 0.29) is 19.1 Å². The van der Waals surface area contributed by atoms with Crippen LogP contribution in [0.5, 0.6) is 0 Å². The Morgan fingerprint density at radius 1 is 0.759 bits per heavy atom. The van der Waals surface area contributed by atoms with Gasteiger partial charge in [-0.3, -0.25) is 14.5 Å². The van der Waals surface area contributed by atoms with Crippen molar-refractivity contribution in [3.63, 3.8) is 0 Å². The van der Waals surface area contributed by atoms with Crippen molar-refractivity contribution in [2.24, 2.45) is 0 Å². The monoisotopic (exact) mass is 723 g/mol. The van der Waals surface area contributed by atoms with Gasteiger partial charge in [-0.05, 0) is 52.8 Å². The number of ether oxygens (including phenoxy) is 2. The average molecular weight is 724 g/mol. The molecule has 0 unspecified atom stereocenters. The molecule has 2 atom stereocenters. The van der Waals surface area contributed by atoms with E-state index in [9.17, 15) is 24.3 Å². The number of nitrogens with zero attached hydrogens (tertiary/aromatic N) is 1. The van der Waals surface area contributed by atoms with E-state index in [1.54, 1.807) is 13.8 Å². The minimum Gasteiger partial charge on any atom is -0.480 e. The Bertz CT molecular complexity index is 2020. The Morgan fingerprint density at radius 3 is 1.70 bits per heavy atom. The van der Waals surface area contributed by atoms with Crippen LogP contribution >= 0.6 is 0 Å². The predicted molar refractivity (Wildman–Crippen MR) is 202 cm³/mol. The van der Waals surface area contributed by atoms with Gasteiger partial charge in [-0.25, -0.2) is 9.59 Å². The van der Waals surface area contributed by atoms with Gasteiger partial charge in [-0.1, -0.05) is 140 Å². The number of carbonyl (C=O) groups excluding carboxylic acids is 3. The first kappa shape index (κ1) is 36.1. The van der Waals surface area contributed by atoms with Crippen LogP contribution in [0.3, 0.4) is 0 Å². The van der Waals surface area contributed by atoms with Gasteiger partial charge < -0.3 is 25.2 Å². The fourth-order valence-corrected chi connectivity index (χ4v) is 7.78. The van der Waals surface area contributed by atoms with Crippen LogP contribution in [0.2, 0.25) is 0 Å². The first-order chi connectivity index (χ1) is 26.1. The molecule has 0 bridgehead atoms. The van der Waals surface area contributed by atoms with Gasteiger partial charge in [0.2, 0.25) is 11.8 Å². The van der Waals surface area contributed by atoms with Gasteiger partial charge in [0.25, 0.3) is 0 Å². The summed E-state index contributed by atoms with van der Waals surface area (Å²) in [4.78, 5) is 56.0. The number of hydrogen-bond donors (Lipinski definition) is 3. The lowest BCUT2D eigenvalue weighted by atomic mass is 9.77. The Kier molecular flexibility index (Phi) is 10.0. The molecule has 274 valence electrons. The molecule has 7 rings (SSSR count). The number of rotatable bonds is 11. The first-order valence-electron chi connectivity index (χ1n) is 17.9. The Morgan fingerprint density at radius 2 is 1.22 bits per heavy atom. The summed E-state index contributed by atoms with van der Waals surface area (Å²) in [5.74, 6) is -2.88. The van der Waals surface area contributed by atoms with Gasteiger partial charge in [0.15, 0.2) is 6.04 Å². The van der Waals surface area contributed by atoms with E-state index in [1.165, 1.54) is 0 Å². The third-order valence-electron chi connectivity index (χ3n) is 10.3. The Balaban J connectivity index is 1.20. The van der Waals surface area contributed by atoms with E-state index in [0.717, 1.165) is 43.8 Å². The highest BCUT2D eigenvalue weighted by atomic mass is 16.6. The van der Waals surface area contributed by atoms with Crippen LogP contribution < -0.4 is 10.6 Å². The number of fused-ring (bicyclic) bond motifs is 3. The highest BCUT2D eigenvalue weighted by Gasteiger charge is 2.50. The zero-order valence-electron chi connectivity index (χ0n) is 30.0. The normalized spacial score (nSPS) is 16.5. The molecule has 10 nitrogen and oxygen atoms in total. The van der Waals surface area contributed by atoms with Crippen LogP contribution in [0.15, 0.2) is 140 Å². The quantitative estimate of drug-likeness (QED) is 0.134. The highest BCUT2D eigenvalue weighted by Crippen LogP contribution is 2.44. The summed E-state index contributed by atoms with van der Waals surface area (Å²) in [6.07, 6.45) is -1.45. The number of hydrogen-bond acceptors (Lipinski definition) is 6. The number of carboxylic acids is 1. The molecular formula is C44H41N3O7. The molecule has 10 heteroatoms. The van der Waals surface area contributed by atoms with E-state index in [0.29, 0.717) is 0 Å². The predicted octanol–water partition coefficient (Wildman–Crippen LogP) is 6.44. The van der Waals surface area contributed by atoms with Crippen LogP contribution in [0.4, 0.5) is 4.79 Å². The third-order valence-corrected chi connectivity index (χ3v) is 10.3. The number of benzene rings is 5. The summed E-state index contributed by atoms with van der Waals surface area (Å²) in [5.41, 5.74) is 3.91. The zero-order chi connectivity index (χ0) is 37.9. The number of amides is 3. The molecule has 5 aromatic carbocycles. The minimum atomic E-state index is -1.51. The molecule has 1 fully saturated rings. The standard InChI is InChI=1S/C44H41N3O7/c1-43(2)47(38(28-54-43)41(50)51)40(49)37(45-42(52)53-27-36-34-24-14-12-22-32(34)33-23-13-15-25-35(33)36)26-39(48)46-44(29-16-6-3-7-17-29,30-18-8-4-9-19-30)31-20-10-5-11-21-31/h3-25,36-38H,26-28H2,1-2H3,(H,45,52)(H,46,48)(H,50,51)/t37-,38-/m1/s1. The molecule has 1 aliphatic carbocycles. The van der Waals surface area contributed by atoms with Gasteiger partial charge in [0.1, 0.15) is 23.9 Å². The molecule has 0 radical (unpaired) electrons. The van der Waals surface area contributed by atoms with Crippen LogP contribution in [-0.2, 0) is 29.4 Å². The summed E-state index contributed by atoms with van der Waals surface area (Å²) in [5, 5.41) is 15.9. The van der Waals surface area contributed by atoms with Crippen LogP contribution in [-0.4, -0.2) is 64.9 Å². The molecule has 1 saturated heterocycles. The molecule has 3 amide bonds. The van der Waals surface area contributed by atoms with Gasteiger partial charge in [-0.2, -0.15) is 0 Å². The minimum absolute atomic E-state index is 0.0256. The Labute approximate surface area is 313 Å². The summed E-state index contributed by atoms with van der Waals surface area (Å²) < 4.78 is 11.5. The van der Waals surface area contributed by atoms with Crippen LogP contribution in [0, 0.1) is 0 Å². The molecule has 0 spiro atoms. The SMILES string of the molecule is CC1(C)OC[C@H](C(=O)O)N1C(=O)[C@@H](CC(=O)NC(c1ccccc1)(c1ccccc1)c1ccccc1)NC(=O)OCC1c2ccccc2-c2ccccc21. The summed E-state index contributed by atoms with van der Waals surface area (Å²) in [6.45, 7) is 2.87. The largest absolute Gasteiger partial charge is 0.480 e. The fourth-order valence-electron chi connectivity index (χ4n) is 7.78. The van der Waals surface area contributed by atoms with E-state index in [1.807, 2.05) is 140 Å². The lowest BCUT2D eigenvalue weighted by Crippen LogP contribution is -2.59. The van der Waals surface area contributed by atoms with E-state index in [2.05, 4.69) is 10.6 Å². The molecule has 3 N–H and O–H groups in total. The van der Waals surface area contributed by atoms with Crippen molar-refractivity contribution in [1.29, 1.82) is 0 Å². The lowest BCUT2D eigenvalue weighted by molar-refractivity contribution is -0.157. The summed E-state index contributed by atoms with van der Waals surface area (Å²) in [6, 6.07) is 41.5. The second-order valence-electron chi connectivity index (χ2n) is 13.9. The molecule has 5 aromatic rings. The van der Waals surface area contributed by atoms with Gasteiger partial charge in [0.05, 0.1) is 13.0 Å². The first-order valence-corrected chi connectivity index (χ1v) is 17.9. The average Bonchev–Trinajstić information content (AvgIpc) is 3.70. The maximum absolute atomic E-state index is 14.5. The molecule has 54 heavy (non-hydrogen) atoms. The Hall–Kier alpha value is -6.26. The topological polar surface area (TPSA) is 134 Å². The van der Waals surface area contributed by atoms with Gasteiger partial charge >= 0.3 is 12.1 Å². The van der Waals surface area contributed by atoms with Gasteiger partial charge in [0, 0.05) is 5.92 Å². The van der Waals surface area contributed by atoms with Crippen molar-refractivity contribution in [2.75, 3.05) is 13.2 Å². The summed E-state index contributed by atoms with van der Waals surface area (Å²) in [7, 11) is 0. The summed E-state index contributed by atoms with van der Waals surface area (Å²) >= 11 is 0. The maximum Gasteiger partial charge on any atom is 0.407 e. The van der Waals surface area contributed by atoms with Crippen molar-refractivity contribution in [3.05, 3.63) is 167 Å². The smallest absolute Gasteiger partial charge is 0.407 e. The van der Waals surface area contributed by atoms with Crippen LogP contribution in [0.1, 0.15) is 54.0 Å². The van der Waals surface area contributed by atoms with Crippen LogP contribution in [0.25, 0.3) is 11.1 Å². The van der Waals surface area contributed by atoms with Crippen molar-refractivity contribution in [3.8, 4) is 11.1 Å². The van der Waals surface area contributed by atoms with E-state index < -0.39 is 53.6 Å². The molecule has 1 heterocycles. The number of carboxylic acid groups (broad SMARTS) is 1. The highest BCUT2D eigenvalue weighted by molar-refractivity contribution is 5.94. The second kappa shape index (κ2) is 15.0. The number of alkyl carbamates (subject to hydrolysis) is 1. The number of carbonyl (C=O) groups is 4. The number of aliphatic carboxylic acids is 1. The molecule has 0 saturated carbocycles. The fraction of sp³-hybridized carbons (Fsp3) is 0.227. The van der Waals surface area contributed by atoms with Crippen molar-refractivity contribution in [1.82, 2.24) is 15.5 Å². The molecular weight excluding hydrogens is 682 g/mol. The molecule has 1 aliphatic heterocycles. The van der Waals surface area contributed by atoms with E-state index >= 15 is 0 Å². The second-order valence-corrected chi connectivity index (χ2v) is 13.9. The van der Waals surface area contributed by atoms with Crippen molar-refractivity contribution in [2.45, 2.75) is 49.5 Å². The number of nitrogens with one attached hydrogen (secondary N) is 2. The van der Waals surface area contributed by atoms with Gasteiger partial charge in [-0.15, -0.1) is 0 Å². The lowest BCUT2D eigenvalue weighted by Gasteiger charge is -2.38. The molecule has 2 aliphatic rings. The third kappa shape index (κ3) is 6.83. The van der Waals surface area contributed by atoms with Crippen molar-refractivity contribution < 1.29 is 33.8 Å². The van der Waals surface area contributed by atoms with Crippen molar-refractivity contribution >= 4 is 23.9 Å². The zero-order valence-corrected chi connectivity index (χ0v) is 30.0. The molecule has 0 aromatic heterocycles. The van der Waals surface area contributed by atoms with E-state index in [4.69, 9.17) is 9.47 Å². The maximum atomic E-state index is 14.5.